The van der Waals surface area contributed by atoms with Gasteiger partial charge in [0.2, 0.25) is 0 Å². The lowest BCUT2D eigenvalue weighted by Gasteiger charge is -2.22. The molecular weight excluding hydrogens is 272 g/mol. The molecule has 0 bridgehead atoms. The third kappa shape index (κ3) is 1.85. The Kier molecular flexibility index (Phi) is 2.66. The van der Waals surface area contributed by atoms with E-state index in [4.69, 9.17) is 0 Å². The minimum Gasteiger partial charge on any atom is -0.360 e. The Hall–Kier alpha value is -2.02. The summed E-state index contributed by atoms with van der Waals surface area (Å²) in [7, 11) is 0. The summed E-state index contributed by atoms with van der Waals surface area (Å²) in [6, 6.07) is 0.227. The van der Waals surface area contributed by atoms with Gasteiger partial charge in [-0.25, -0.2) is 19.9 Å². The Labute approximate surface area is 119 Å². The highest BCUT2D eigenvalue weighted by molar-refractivity contribution is 7.11. The number of hydrogen-bond donors (Lipinski definition) is 2. The van der Waals surface area contributed by atoms with Gasteiger partial charge in [0.15, 0.2) is 11.5 Å². The van der Waals surface area contributed by atoms with Crippen LogP contribution >= 0.6 is 11.3 Å². The summed E-state index contributed by atoms with van der Waals surface area (Å²) < 4.78 is 0. The highest BCUT2D eigenvalue weighted by atomic mass is 32.1. The first kappa shape index (κ1) is 11.8. The maximum absolute atomic E-state index is 4.68. The fourth-order valence-corrected chi connectivity index (χ4v) is 3.76. The van der Waals surface area contributed by atoms with Crippen molar-refractivity contribution in [3.63, 3.8) is 0 Å². The Morgan fingerprint density at radius 3 is 3.25 bits per heavy atom. The Balaban J connectivity index is 1.71. The van der Waals surface area contributed by atoms with Gasteiger partial charge < -0.3 is 10.3 Å². The number of thiazole rings is 1. The molecule has 3 heterocycles. The zero-order valence-corrected chi connectivity index (χ0v) is 11.9. The number of imidazole rings is 1. The number of nitrogens with one attached hydrogen (secondary N) is 2. The minimum absolute atomic E-state index is 0.227. The van der Waals surface area contributed by atoms with Crippen molar-refractivity contribution in [2.45, 2.75) is 32.2 Å². The lowest BCUT2D eigenvalue weighted by atomic mass is 9.97. The maximum atomic E-state index is 4.68. The number of anilines is 1. The monoisotopic (exact) mass is 286 g/mol. The predicted molar refractivity (Wildman–Crippen MR) is 77.8 cm³/mol. The second-order valence-corrected chi connectivity index (χ2v) is 6.24. The van der Waals surface area contributed by atoms with E-state index in [2.05, 4.69) is 37.2 Å². The van der Waals surface area contributed by atoms with Crippen molar-refractivity contribution in [1.29, 1.82) is 0 Å². The van der Waals surface area contributed by atoms with Gasteiger partial charge in [-0.3, -0.25) is 0 Å². The third-order valence-corrected chi connectivity index (χ3v) is 4.64. The summed E-state index contributed by atoms with van der Waals surface area (Å²) >= 11 is 1.81. The smallest absolute Gasteiger partial charge is 0.182 e. The van der Waals surface area contributed by atoms with E-state index >= 15 is 0 Å². The van der Waals surface area contributed by atoms with Crippen molar-refractivity contribution in [3.8, 4) is 0 Å². The number of aromatic nitrogens is 5. The molecule has 1 atom stereocenters. The first-order valence-corrected chi connectivity index (χ1v) is 7.50. The third-order valence-electron chi connectivity index (χ3n) is 3.60. The molecule has 0 fully saturated rings. The average molecular weight is 286 g/mol. The summed E-state index contributed by atoms with van der Waals surface area (Å²) in [5.74, 6) is 0.802. The largest absolute Gasteiger partial charge is 0.360 e. The maximum Gasteiger partial charge on any atom is 0.182 e. The van der Waals surface area contributed by atoms with Gasteiger partial charge in [-0.2, -0.15) is 0 Å². The van der Waals surface area contributed by atoms with E-state index in [0.717, 1.165) is 29.2 Å². The summed E-state index contributed by atoms with van der Waals surface area (Å²) in [4.78, 5) is 21.8. The molecule has 0 spiro atoms. The summed E-state index contributed by atoms with van der Waals surface area (Å²) in [5.41, 5.74) is 2.73. The van der Waals surface area contributed by atoms with Crippen LogP contribution in [-0.4, -0.2) is 24.9 Å². The Morgan fingerprint density at radius 1 is 1.35 bits per heavy atom. The molecule has 0 aromatic carbocycles. The van der Waals surface area contributed by atoms with E-state index in [1.165, 1.54) is 17.0 Å². The van der Waals surface area contributed by atoms with Crippen molar-refractivity contribution in [2.24, 2.45) is 0 Å². The summed E-state index contributed by atoms with van der Waals surface area (Å²) in [6.07, 6.45) is 6.59. The van der Waals surface area contributed by atoms with E-state index < -0.39 is 0 Å². The van der Waals surface area contributed by atoms with Crippen molar-refractivity contribution in [3.05, 3.63) is 28.2 Å². The zero-order chi connectivity index (χ0) is 13.5. The van der Waals surface area contributed by atoms with E-state index in [-0.39, 0.29) is 6.04 Å². The molecule has 3 aromatic heterocycles. The SMILES string of the molecule is Cc1nc2c(s1)CCC[C@@H]2Nc1ncnc2nc[nH]c12. The van der Waals surface area contributed by atoms with Crippen LogP contribution in [0, 0.1) is 6.92 Å². The second kappa shape index (κ2) is 4.52. The molecule has 102 valence electrons. The number of aromatic amines is 1. The van der Waals surface area contributed by atoms with Gasteiger partial charge in [0.25, 0.3) is 0 Å². The van der Waals surface area contributed by atoms with Crippen LogP contribution < -0.4 is 5.32 Å². The van der Waals surface area contributed by atoms with Crippen molar-refractivity contribution in [1.82, 2.24) is 24.9 Å². The van der Waals surface area contributed by atoms with Gasteiger partial charge in [-0.15, -0.1) is 11.3 Å². The van der Waals surface area contributed by atoms with E-state index in [9.17, 15) is 0 Å². The fraction of sp³-hybridized carbons (Fsp3) is 0.385. The van der Waals surface area contributed by atoms with E-state index in [1.54, 1.807) is 24.0 Å². The van der Waals surface area contributed by atoms with Crippen LogP contribution in [0.5, 0.6) is 0 Å². The van der Waals surface area contributed by atoms with Crippen molar-refractivity contribution < 1.29 is 0 Å². The second-order valence-electron chi connectivity index (χ2n) is 4.95. The lowest BCUT2D eigenvalue weighted by Crippen LogP contribution is -2.17. The van der Waals surface area contributed by atoms with Gasteiger partial charge in [0.05, 0.1) is 23.1 Å². The van der Waals surface area contributed by atoms with Gasteiger partial charge in [-0.05, 0) is 26.2 Å². The molecule has 1 aliphatic rings. The van der Waals surface area contributed by atoms with Crippen LogP contribution in [0.15, 0.2) is 12.7 Å². The van der Waals surface area contributed by atoms with Crippen LogP contribution in [0.3, 0.4) is 0 Å². The predicted octanol–water partition coefficient (Wildman–Crippen LogP) is 2.61. The summed E-state index contributed by atoms with van der Waals surface area (Å²) in [5, 5.41) is 4.64. The molecule has 3 aromatic rings. The molecular formula is C13H14N6S. The lowest BCUT2D eigenvalue weighted by molar-refractivity contribution is 0.592. The van der Waals surface area contributed by atoms with Crippen LogP contribution in [-0.2, 0) is 6.42 Å². The summed E-state index contributed by atoms with van der Waals surface area (Å²) in [6.45, 7) is 2.07. The standard InChI is InChI=1S/C13H14N6S/c1-7-18-10-8(3-2-4-9(10)20-7)19-13-11-12(15-5-14-11)16-6-17-13/h5-6,8H,2-4H2,1H3,(H2,14,15,16,17,19)/t8-/m0/s1. The first-order chi connectivity index (χ1) is 9.81. The van der Waals surface area contributed by atoms with Crippen LogP contribution in [0.2, 0.25) is 0 Å². The molecule has 0 amide bonds. The van der Waals surface area contributed by atoms with Gasteiger partial charge in [0, 0.05) is 4.88 Å². The number of rotatable bonds is 2. The Morgan fingerprint density at radius 2 is 2.30 bits per heavy atom. The molecule has 0 saturated heterocycles. The number of aryl methyl sites for hydroxylation is 2. The quantitative estimate of drug-likeness (QED) is 0.757. The van der Waals surface area contributed by atoms with Crippen LogP contribution in [0.4, 0.5) is 5.82 Å². The number of H-pyrrole nitrogens is 1. The van der Waals surface area contributed by atoms with E-state index in [0.29, 0.717) is 5.65 Å². The molecule has 0 radical (unpaired) electrons. The molecule has 0 unspecified atom stereocenters. The minimum atomic E-state index is 0.227. The molecule has 1 aliphatic carbocycles. The highest BCUT2D eigenvalue weighted by Gasteiger charge is 2.24. The molecule has 0 saturated carbocycles. The Bertz CT molecular complexity index is 761. The number of hydrogen-bond acceptors (Lipinski definition) is 6. The molecule has 0 aliphatic heterocycles. The van der Waals surface area contributed by atoms with Crippen LogP contribution in [0.1, 0.15) is 34.5 Å². The van der Waals surface area contributed by atoms with Gasteiger partial charge in [0.1, 0.15) is 11.8 Å². The van der Waals surface area contributed by atoms with Crippen LogP contribution in [0.25, 0.3) is 11.2 Å². The highest BCUT2D eigenvalue weighted by Crippen LogP contribution is 2.35. The van der Waals surface area contributed by atoms with E-state index in [1.807, 2.05) is 0 Å². The molecule has 7 heteroatoms. The van der Waals surface area contributed by atoms with Crippen molar-refractivity contribution in [2.75, 3.05) is 5.32 Å². The topological polar surface area (TPSA) is 79.4 Å². The van der Waals surface area contributed by atoms with Gasteiger partial charge in [-0.1, -0.05) is 0 Å². The van der Waals surface area contributed by atoms with Crippen molar-refractivity contribution >= 4 is 28.3 Å². The number of fused-ring (bicyclic) bond motifs is 2. The fourth-order valence-electron chi connectivity index (χ4n) is 2.72. The normalized spacial score (nSPS) is 18.1. The first-order valence-electron chi connectivity index (χ1n) is 6.68. The molecule has 2 N–H and O–H groups in total. The zero-order valence-electron chi connectivity index (χ0n) is 11.1. The molecule has 6 nitrogen and oxygen atoms in total. The van der Waals surface area contributed by atoms with Gasteiger partial charge >= 0.3 is 0 Å². The number of nitrogens with zero attached hydrogens (tertiary/aromatic N) is 4. The molecule has 4 rings (SSSR count). The molecule has 20 heavy (non-hydrogen) atoms. The average Bonchev–Trinajstić information content (AvgIpc) is 3.05.